The molecule has 6 aromatic rings. The molecule has 17 heteroatoms. The van der Waals surface area contributed by atoms with Crippen LogP contribution in [0.1, 0.15) is 61.8 Å². The third-order valence-electron chi connectivity index (χ3n) is 10.1. The van der Waals surface area contributed by atoms with E-state index in [4.69, 9.17) is 11.6 Å². The molecular formula is C41H44ClI2N11OS2. The van der Waals surface area contributed by atoms with Crippen LogP contribution in [0.2, 0.25) is 5.28 Å². The van der Waals surface area contributed by atoms with Gasteiger partial charge >= 0.3 is 0 Å². The normalized spacial score (nSPS) is 18.5. The quantitative estimate of drug-likeness (QED) is 0.0691. The molecule has 0 bridgehead atoms. The highest BCUT2D eigenvalue weighted by atomic mass is 127. The molecule has 0 N–H and O–H groups in total. The van der Waals surface area contributed by atoms with E-state index in [1.54, 1.807) is 65.1 Å². The minimum Gasteiger partial charge on any atom is -0.281 e. The summed E-state index contributed by atoms with van der Waals surface area (Å²) in [4.78, 5) is 57.3. The first-order valence-corrected chi connectivity index (χ1v) is 24.0. The maximum Gasteiger partial charge on any atom is 0.255 e. The van der Waals surface area contributed by atoms with Crippen LogP contribution in [0.3, 0.4) is 0 Å². The molecule has 6 heterocycles. The molecule has 12 nitrogen and oxygen atoms in total. The van der Waals surface area contributed by atoms with E-state index in [2.05, 4.69) is 95.0 Å². The summed E-state index contributed by atoms with van der Waals surface area (Å²) in [5.74, 6) is 6.38. The molecule has 2 fully saturated rings. The fourth-order valence-corrected chi connectivity index (χ4v) is 8.49. The lowest BCUT2D eigenvalue weighted by atomic mass is 9.99. The standard InChI is InChI=1S/C21H23N5OS.C16H19IN4S.C4H2ClIN2/c1-28-18-13-24-20(25-14-18)10-16-6-5-15(8-16)9-19-22-11-17(12-23-19)26-7-3-2-4-21(26)27;1-22-14-9-20-16(21-10-14)6-12-3-2-11(4-12)5-15-18-7-13(17)8-19-15;5-4-7-1-3(6)2-8-4/h2-4,7,11-16H,5-6,8-10H2,1H3;7-12H,2-6H2,1H3;1-2H/t15-,16-;11-,12-;/m00./s1. The molecule has 0 radical (unpaired) electrons. The molecule has 8 rings (SSSR count). The van der Waals surface area contributed by atoms with Crippen molar-refractivity contribution >= 4 is 80.3 Å². The smallest absolute Gasteiger partial charge is 0.255 e. The first kappa shape index (κ1) is 44.4. The van der Waals surface area contributed by atoms with Crippen molar-refractivity contribution < 1.29 is 0 Å². The first-order chi connectivity index (χ1) is 28.2. The van der Waals surface area contributed by atoms with Gasteiger partial charge in [-0.1, -0.05) is 6.07 Å². The highest BCUT2D eigenvalue weighted by Crippen LogP contribution is 2.35. The zero-order valence-corrected chi connectivity index (χ0v) is 38.9. The summed E-state index contributed by atoms with van der Waals surface area (Å²) in [6, 6.07) is 5.09. The Hall–Kier alpha value is -3.20. The van der Waals surface area contributed by atoms with E-state index in [1.165, 1.54) is 38.2 Å². The minimum absolute atomic E-state index is 0.0785. The van der Waals surface area contributed by atoms with Crippen LogP contribution in [0.5, 0.6) is 0 Å². The van der Waals surface area contributed by atoms with Crippen molar-refractivity contribution in [1.82, 2.24) is 54.4 Å². The van der Waals surface area contributed by atoms with Crippen LogP contribution in [0.25, 0.3) is 5.69 Å². The Labute approximate surface area is 379 Å². The summed E-state index contributed by atoms with van der Waals surface area (Å²) in [5, 5.41) is 0.297. The summed E-state index contributed by atoms with van der Waals surface area (Å²) < 4.78 is 3.64. The summed E-state index contributed by atoms with van der Waals surface area (Å²) in [6.45, 7) is 0. The van der Waals surface area contributed by atoms with E-state index >= 15 is 0 Å². The Morgan fingerprint density at radius 3 is 1.29 bits per heavy atom. The predicted octanol–water partition coefficient (Wildman–Crippen LogP) is 8.87. The van der Waals surface area contributed by atoms with Gasteiger partial charge < -0.3 is 0 Å². The lowest BCUT2D eigenvalue weighted by molar-refractivity contribution is 0.472. The van der Waals surface area contributed by atoms with Crippen molar-refractivity contribution in [3.05, 3.63) is 132 Å². The number of pyridine rings is 1. The molecule has 302 valence electrons. The second-order valence-corrected chi connectivity index (χ2v) is 18.8. The zero-order valence-electron chi connectivity index (χ0n) is 32.2. The molecule has 0 spiro atoms. The van der Waals surface area contributed by atoms with Crippen molar-refractivity contribution in [3.63, 3.8) is 0 Å². The van der Waals surface area contributed by atoms with Crippen molar-refractivity contribution in [1.29, 1.82) is 0 Å². The summed E-state index contributed by atoms with van der Waals surface area (Å²) in [5.41, 5.74) is 0.620. The van der Waals surface area contributed by atoms with E-state index in [0.717, 1.165) is 72.3 Å². The monoisotopic (exact) mass is 1060 g/mol. The van der Waals surface area contributed by atoms with Crippen LogP contribution in [-0.2, 0) is 25.7 Å². The van der Waals surface area contributed by atoms with Gasteiger partial charge in [0.1, 0.15) is 23.3 Å². The molecule has 2 aliphatic rings. The van der Waals surface area contributed by atoms with E-state index < -0.39 is 0 Å². The second-order valence-electron chi connectivity index (χ2n) is 14.2. The molecule has 2 saturated carbocycles. The van der Waals surface area contributed by atoms with Gasteiger partial charge in [-0.2, -0.15) is 0 Å². The van der Waals surface area contributed by atoms with Crippen LogP contribution in [-0.4, -0.2) is 66.9 Å². The van der Waals surface area contributed by atoms with Gasteiger partial charge in [0.05, 0.1) is 18.1 Å². The lowest BCUT2D eigenvalue weighted by Crippen LogP contribution is -2.16. The van der Waals surface area contributed by atoms with Gasteiger partial charge in [-0.15, -0.1) is 23.5 Å². The maximum atomic E-state index is 11.9. The second kappa shape index (κ2) is 23.0. The van der Waals surface area contributed by atoms with Crippen LogP contribution in [0.4, 0.5) is 0 Å². The molecular weight excluding hydrogens is 1020 g/mol. The molecule has 0 amide bonds. The van der Waals surface area contributed by atoms with E-state index in [-0.39, 0.29) is 5.56 Å². The number of rotatable bonds is 11. The van der Waals surface area contributed by atoms with Gasteiger partial charge in [-0.25, -0.2) is 49.8 Å². The molecule has 4 atom stereocenters. The molecule has 0 unspecified atom stereocenters. The largest absolute Gasteiger partial charge is 0.281 e. The van der Waals surface area contributed by atoms with Gasteiger partial charge in [0.15, 0.2) is 0 Å². The van der Waals surface area contributed by atoms with Gasteiger partial charge in [0, 0.05) is 104 Å². The summed E-state index contributed by atoms with van der Waals surface area (Å²) >= 11 is 13.1. The molecule has 2 aliphatic carbocycles. The third kappa shape index (κ3) is 14.2. The van der Waals surface area contributed by atoms with Crippen LogP contribution >= 0.6 is 80.3 Å². The van der Waals surface area contributed by atoms with Crippen LogP contribution in [0.15, 0.2) is 101 Å². The lowest BCUT2D eigenvalue weighted by Gasteiger charge is -2.11. The third-order valence-corrected chi connectivity index (χ3v) is 12.7. The molecule has 0 aliphatic heterocycles. The van der Waals surface area contributed by atoms with Gasteiger partial charge in [0.2, 0.25) is 5.28 Å². The Morgan fingerprint density at radius 1 is 0.569 bits per heavy atom. The SMILES string of the molecule is CSc1cnc(C[C@H]2CC[C@H](Cc3ncc(-n4ccccc4=O)cn3)C2)nc1.CSc1cnc(C[C@H]2CC[C@H](Cc3ncc(I)cn3)C2)nc1.Clc1ncc(I)cn1. The Kier molecular flexibility index (Phi) is 17.6. The number of aromatic nitrogens is 11. The number of hydrogen-bond acceptors (Lipinski definition) is 13. The average Bonchev–Trinajstić information content (AvgIpc) is 3.90. The highest BCUT2D eigenvalue weighted by molar-refractivity contribution is 14.1. The van der Waals surface area contributed by atoms with E-state index in [9.17, 15) is 4.79 Å². The molecule has 0 aromatic carbocycles. The highest BCUT2D eigenvalue weighted by Gasteiger charge is 2.27. The van der Waals surface area contributed by atoms with Crippen LogP contribution < -0.4 is 5.56 Å². The number of thioether (sulfide) groups is 2. The summed E-state index contributed by atoms with van der Waals surface area (Å²) in [7, 11) is 0. The predicted molar refractivity (Wildman–Crippen MR) is 246 cm³/mol. The fourth-order valence-electron chi connectivity index (χ4n) is 7.20. The molecule has 58 heavy (non-hydrogen) atoms. The van der Waals surface area contributed by atoms with Crippen molar-refractivity contribution in [2.75, 3.05) is 12.5 Å². The van der Waals surface area contributed by atoms with Crippen molar-refractivity contribution in [3.8, 4) is 5.69 Å². The van der Waals surface area contributed by atoms with Gasteiger partial charge in [0.25, 0.3) is 5.56 Å². The number of hydrogen-bond donors (Lipinski definition) is 0. The summed E-state index contributed by atoms with van der Waals surface area (Å²) in [6.07, 6.45) is 35.2. The number of halogens is 3. The maximum absolute atomic E-state index is 11.9. The van der Waals surface area contributed by atoms with Crippen LogP contribution in [0, 0.1) is 30.8 Å². The molecule has 6 aromatic heterocycles. The average molecular weight is 1060 g/mol. The minimum atomic E-state index is -0.0785. The fraction of sp³-hybridized carbons (Fsp3) is 0.390. The number of nitrogens with zero attached hydrogens (tertiary/aromatic N) is 11. The first-order valence-electron chi connectivity index (χ1n) is 19.0. The van der Waals surface area contributed by atoms with E-state index in [0.29, 0.717) is 34.6 Å². The van der Waals surface area contributed by atoms with Gasteiger partial charge in [-0.05, 0) is 138 Å². The van der Waals surface area contributed by atoms with Crippen molar-refractivity contribution in [2.24, 2.45) is 23.7 Å². The van der Waals surface area contributed by atoms with Gasteiger partial charge in [-0.3, -0.25) is 9.36 Å². The Morgan fingerprint density at radius 2 is 0.931 bits per heavy atom. The Bertz CT molecular complexity index is 2180. The zero-order chi connectivity index (χ0) is 40.7. The Balaban J connectivity index is 0.000000167. The van der Waals surface area contributed by atoms with E-state index in [1.807, 2.05) is 55.8 Å². The molecule has 0 saturated heterocycles. The topological polar surface area (TPSA) is 151 Å². The van der Waals surface area contributed by atoms with Crippen molar-refractivity contribution in [2.45, 2.75) is 74.0 Å².